The van der Waals surface area contributed by atoms with Gasteiger partial charge in [0.15, 0.2) is 5.75 Å². The third-order valence-electron chi connectivity index (χ3n) is 1.64. The first kappa shape index (κ1) is 6.74. The summed E-state index contributed by atoms with van der Waals surface area (Å²) in [6, 6.07) is 7.36. The van der Waals surface area contributed by atoms with Crippen molar-refractivity contribution in [1.82, 2.24) is 5.48 Å². The van der Waals surface area contributed by atoms with Crippen LogP contribution in [0.25, 0.3) is 6.08 Å². The molecule has 1 aliphatic heterocycles. The number of nitrogens with one attached hydrogen (secondary N) is 1. The van der Waals surface area contributed by atoms with Crippen LogP contribution in [0.5, 0.6) is 5.75 Å². The molecule has 0 radical (unpaired) electrons. The largest absolute Gasteiger partial charge is 0.382 e. The Hall–Kier alpha value is -1.95. The highest BCUT2D eigenvalue weighted by atomic mass is 16.6. The fraction of sp³-hybridized carbons (Fsp3) is 0. The molecule has 1 aromatic rings. The molecule has 0 amide bonds. The smallest absolute Gasteiger partial charge is 0.163 e. The van der Waals surface area contributed by atoms with Gasteiger partial charge in [0.25, 0.3) is 0 Å². The topological polar surface area (TPSA) is 45.0 Å². The van der Waals surface area contributed by atoms with Crippen LogP contribution in [-0.2, 0) is 0 Å². The molecule has 0 atom stereocenters. The van der Waals surface area contributed by atoms with E-state index in [4.69, 9.17) is 10.1 Å². The van der Waals surface area contributed by atoms with Crippen LogP contribution < -0.4 is 10.3 Å². The van der Waals surface area contributed by atoms with Crippen molar-refractivity contribution in [3.05, 3.63) is 35.5 Å². The van der Waals surface area contributed by atoms with Crippen molar-refractivity contribution in [2.75, 3.05) is 0 Å². The number of hydrogen-bond acceptors (Lipinski definition) is 3. The van der Waals surface area contributed by atoms with Gasteiger partial charge in [-0.15, -0.1) is 0 Å². The number of fused-ring (bicyclic) bond motifs is 1. The minimum Gasteiger partial charge on any atom is -0.382 e. The summed E-state index contributed by atoms with van der Waals surface area (Å²) in [5.74, 6) is 0.691. The quantitative estimate of drug-likeness (QED) is 0.621. The predicted octanol–water partition coefficient (Wildman–Crippen LogP) is 1.43. The molecule has 1 N–H and O–H groups in total. The lowest BCUT2D eigenvalue weighted by Crippen LogP contribution is -2.14. The molecule has 0 spiro atoms. The van der Waals surface area contributed by atoms with Crippen LogP contribution in [0.3, 0.4) is 0 Å². The van der Waals surface area contributed by atoms with Crippen molar-refractivity contribution in [3.63, 3.8) is 0 Å². The summed E-state index contributed by atoms with van der Waals surface area (Å²) in [6.07, 6.45) is 3.59. The van der Waals surface area contributed by atoms with E-state index in [0.29, 0.717) is 11.3 Å². The van der Waals surface area contributed by atoms with E-state index in [2.05, 4.69) is 5.48 Å². The van der Waals surface area contributed by atoms with E-state index in [1.54, 1.807) is 18.3 Å². The molecule has 0 bridgehead atoms. The third-order valence-corrected chi connectivity index (χ3v) is 1.64. The second-order valence-corrected chi connectivity index (χ2v) is 2.42. The summed E-state index contributed by atoms with van der Waals surface area (Å²) in [5.41, 5.74) is 4.18. The van der Waals surface area contributed by atoms with Gasteiger partial charge in [-0.2, -0.15) is 5.26 Å². The average Bonchev–Trinajstić information content (AvgIpc) is 2.17. The minimum atomic E-state index is 0.603. The zero-order valence-electron chi connectivity index (χ0n) is 6.24. The molecule has 0 saturated carbocycles. The van der Waals surface area contributed by atoms with E-state index in [-0.39, 0.29) is 0 Å². The van der Waals surface area contributed by atoms with Gasteiger partial charge >= 0.3 is 0 Å². The summed E-state index contributed by atoms with van der Waals surface area (Å²) >= 11 is 0. The summed E-state index contributed by atoms with van der Waals surface area (Å²) in [6.45, 7) is 0. The van der Waals surface area contributed by atoms with Crippen LogP contribution in [0.1, 0.15) is 11.1 Å². The average molecular weight is 158 g/mol. The Labute approximate surface area is 69.8 Å². The molecular weight excluding hydrogens is 152 g/mol. The Morgan fingerprint density at radius 3 is 3.17 bits per heavy atom. The summed E-state index contributed by atoms with van der Waals surface area (Å²) < 4.78 is 0. The maximum atomic E-state index is 8.60. The van der Waals surface area contributed by atoms with Crippen molar-refractivity contribution < 1.29 is 4.84 Å². The molecule has 0 aromatic heterocycles. The van der Waals surface area contributed by atoms with E-state index < -0.39 is 0 Å². The maximum Gasteiger partial charge on any atom is 0.163 e. The van der Waals surface area contributed by atoms with Gasteiger partial charge in [-0.1, -0.05) is 0 Å². The van der Waals surface area contributed by atoms with Gasteiger partial charge in [-0.25, -0.2) is 5.48 Å². The van der Waals surface area contributed by atoms with Gasteiger partial charge in [0.1, 0.15) is 0 Å². The SMILES string of the molecule is N#Cc1ccc2c(c1)ONC=C2. The second-order valence-electron chi connectivity index (χ2n) is 2.42. The van der Waals surface area contributed by atoms with Gasteiger partial charge in [-0.3, -0.25) is 0 Å². The number of benzene rings is 1. The Balaban J connectivity index is 2.53. The number of hydrogen-bond donors (Lipinski definition) is 1. The Kier molecular flexibility index (Phi) is 1.45. The Morgan fingerprint density at radius 2 is 2.33 bits per heavy atom. The van der Waals surface area contributed by atoms with Crippen molar-refractivity contribution in [1.29, 1.82) is 5.26 Å². The zero-order valence-corrected chi connectivity index (χ0v) is 6.24. The van der Waals surface area contributed by atoms with Crippen molar-refractivity contribution in [2.24, 2.45) is 0 Å². The van der Waals surface area contributed by atoms with Gasteiger partial charge in [-0.05, 0) is 18.2 Å². The van der Waals surface area contributed by atoms with Gasteiger partial charge in [0, 0.05) is 17.8 Å². The van der Waals surface area contributed by atoms with Crippen LogP contribution in [0.4, 0.5) is 0 Å². The molecular formula is C9H6N2O. The molecule has 1 heterocycles. The maximum absolute atomic E-state index is 8.60. The molecule has 1 aromatic carbocycles. The predicted molar refractivity (Wildman–Crippen MR) is 44.0 cm³/mol. The minimum absolute atomic E-state index is 0.603. The number of nitriles is 1. The lowest BCUT2D eigenvalue weighted by Gasteiger charge is -2.11. The number of hydroxylamine groups is 1. The Morgan fingerprint density at radius 1 is 1.42 bits per heavy atom. The molecule has 3 heteroatoms. The standard InChI is InChI=1S/C9H6N2O/c10-6-7-1-2-8-3-4-11-12-9(8)5-7/h1-5,11H. The lowest BCUT2D eigenvalue weighted by atomic mass is 10.1. The fourth-order valence-electron chi connectivity index (χ4n) is 1.05. The molecule has 1 aliphatic rings. The van der Waals surface area contributed by atoms with Crippen LogP contribution in [0.15, 0.2) is 24.4 Å². The number of rotatable bonds is 0. The molecule has 0 unspecified atom stereocenters. The van der Waals surface area contributed by atoms with Gasteiger partial charge < -0.3 is 4.84 Å². The Bertz CT molecular complexity index is 377. The normalized spacial score (nSPS) is 12.2. The van der Waals surface area contributed by atoms with E-state index in [1.807, 2.05) is 18.2 Å². The summed E-state index contributed by atoms with van der Waals surface area (Å²) in [7, 11) is 0. The summed E-state index contributed by atoms with van der Waals surface area (Å²) in [4.78, 5) is 5.08. The number of nitrogens with zero attached hydrogens (tertiary/aromatic N) is 1. The van der Waals surface area contributed by atoms with Crippen LogP contribution in [-0.4, -0.2) is 0 Å². The molecule has 0 fully saturated rings. The van der Waals surface area contributed by atoms with Crippen LogP contribution >= 0.6 is 0 Å². The van der Waals surface area contributed by atoms with E-state index in [9.17, 15) is 0 Å². The molecule has 12 heavy (non-hydrogen) atoms. The highest BCUT2D eigenvalue weighted by Gasteiger charge is 2.05. The molecule has 58 valence electrons. The third kappa shape index (κ3) is 0.995. The molecule has 0 saturated heterocycles. The van der Waals surface area contributed by atoms with Gasteiger partial charge in [0.2, 0.25) is 0 Å². The van der Waals surface area contributed by atoms with Crippen molar-refractivity contribution in [2.45, 2.75) is 0 Å². The highest BCUT2D eigenvalue weighted by molar-refractivity contribution is 5.60. The first-order chi connectivity index (χ1) is 5.90. The lowest BCUT2D eigenvalue weighted by molar-refractivity contribution is 0.239. The van der Waals surface area contributed by atoms with E-state index in [1.165, 1.54) is 0 Å². The van der Waals surface area contributed by atoms with E-state index in [0.717, 1.165) is 5.56 Å². The van der Waals surface area contributed by atoms with Crippen molar-refractivity contribution in [3.8, 4) is 11.8 Å². The first-order valence-electron chi connectivity index (χ1n) is 3.53. The fourth-order valence-corrected chi connectivity index (χ4v) is 1.05. The highest BCUT2D eigenvalue weighted by Crippen LogP contribution is 2.22. The first-order valence-corrected chi connectivity index (χ1v) is 3.53. The second kappa shape index (κ2) is 2.59. The monoisotopic (exact) mass is 158 g/mol. The van der Waals surface area contributed by atoms with E-state index >= 15 is 0 Å². The van der Waals surface area contributed by atoms with Crippen LogP contribution in [0.2, 0.25) is 0 Å². The molecule has 3 nitrogen and oxygen atoms in total. The van der Waals surface area contributed by atoms with Crippen LogP contribution in [0, 0.1) is 11.3 Å². The van der Waals surface area contributed by atoms with Crippen molar-refractivity contribution >= 4 is 6.08 Å². The molecule has 2 rings (SSSR count). The molecule has 0 aliphatic carbocycles. The zero-order chi connectivity index (χ0) is 8.39. The van der Waals surface area contributed by atoms with Gasteiger partial charge in [0.05, 0.1) is 11.6 Å². The summed E-state index contributed by atoms with van der Waals surface area (Å²) in [5, 5.41) is 8.60.